The van der Waals surface area contributed by atoms with Gasteiger partial charge in [0.25, 0.3) is 0 Å². The van der Waals surface area contributed by atoms with Gasteiger partial charge in [-0.1, -0.05) is 0 Å². The molecule has 80 valence electrons. The van der Waals surface area contributed by atoms with Crippen LogP contribution in [0.15, 0.2) is 24.9 Å². The molecule has 0 fully saturated rings. The average molecular weight is 205 g/mol. The van der Waals surface area contributed by atoms with Crippen molar-refractivity contribution in [2.24, 2.45) is 5.73 Å². The Kier molecular flexibility index (Phi) is 2.82. The highest BCUT2D eigenvalue weighted by Gasteiger charge is 2.06. The van der Waals surface area contributed by atoms with Crippen molar-refractivity contribution in [2.75, 3.05) is 6.54 Å². The van der Waals surface area contributed by atoms with Gasteiger partial charge in [0.15, 0.2) is 0 Å². The third-order valence-corrected chi connectivity index (χ3v) is 2.34. The zero-order chi connectivity index (χ0) is 10.7. The summed E-state index contributed by atoms with van der Waals surface area (Å²) in [5.41, 5.74) is 7.68. The number of nitrogens with two attached hydrogens (primary N) is 1. The number of nitrogens with zero attached hydrogens (tertiary/aromatic N) is 4. The molecule has 2 aromatic heterocycles. The molecule has 15 heavy (non-hydrogen) atoms. The summed E-state index contributed by atoms with van der Waals surface area (Å²) in [6, 6.07) is 0. The fourth-order valence-corrected chi connectivity index (χ4v) is 1.55. The Morgan fingerprint density at radius 1 is 1.40 bits per heavy atom. The topological polar surface area (TPSA) is 61.7 Å². The molecule has 0 aliphatic carbocycles. The first-order valence-electron chi connectivity index (χ1n) is 5.08. The van der Waals surface area contributed by atoms with Crippen LogP contribution in [0, 0.1) is 0 Å². The van der Waals surface area contributed by atoms with Crippen molar-refractivity contribution in [1.29, 1.82) is 0 Å². The van der Waals surface area contributed by atoms with Gasteiger partial charge in [-0.25, -0.2) is 4.98 Å². The zero-order valence-corrected chi connectivity index (χ0v) is 8.80. The molecule has 0 atom stereocenters. The minimum atomic E-state index is 0.616. The normalized spacial score (nSPS) is 10.8. The van der Waals surface area contributed by atoms with E-state index in [1.54, 1.807) is 6.33 Å². The van der Waals surface area contributed by atoms with Crippen molar-refractivity contribution in [2.45, 2.75) is 20.0 Å². The van der Waals surface area contributed by atoms with Crippen LogP contribution in [-0.2, 0) is 13.1 Å². The molecule has 2 aromatic rings. The molecular formula is C10H15N5. The molecule has 0 saturated carbocycles. The molecule has 0 saturated heterocycles. The van der Waals surface area contributed by atoms with E-state index in [1.807, 2.05) is 27.8 Å². The van der Waals surface area contributed by atoms with Gasteiger partial charge >= 0.3 is 0 Å². The van der Waals surface area contributed by atoms with E-state index in [4.69, 9.17) is 5.73 Å². The maximum absolute atomic E-state index is 5.53. The van der Waals surface area contributed by atoms with Gasteiger partial charge in [-0.05, 0) is 6.92 Å². The monoisotopic (exact) mass is 205 g/mol. The zero-order valence-electron chi connectivity index (χ0n) is 8.80. The quantitative estimate of drug-likeness (QED) is 0.800. The lowest BCUT2D eigenvalue weighted by atomic mass is 10.3. The lowest BCUT2D eigenvalue weighted by Crippen LogP contribution is -2.09. The highest BCUT2D eigenvalue weighted by atomic mass is 15.3. The Labute approximate surface area is 88.5 Å². The summed E-state index contributed by atoms with van der Waals surface area (Å²) in [6.07, 6.45) is 7.51. The average Bonchev–Trinajstić information content (AvgIpc) is 2.85. The second-order valence-electron chi connectivity index (χ2n) is 3.35. The van der Waals surface area contributed by atoms with Crippen molar-refractivity contribution in [3.05, 3.63) is 24.9 Å². The second kappa shape index (κ2) is 4.27. The van der Waals surface area contributed by atoms with Crippen LogP contribution in [0.1, 0.15) is 6.92 Å². The number of rotatable bonds is 4. The van der Waals surface area contributed by atoms with Gasteiger partial charge in [0, 0.05) is 31.4 Å². The standard InChI is InChI=1S/C10H15N5/c1-2-15-7-9(5-13-15)10-6-12-8-14(10)4-3-11/h5-8H,2-4,11H2,1H3. The van der Waals surface area contributed by atoms with Gasteiger partial charge in [-0.15, -0.1) is 0 Å². The van der Waals surface area contributed by atoms with Crippen LogP contribution in [-0.4, -0.2) is 25.9 Å². The summed E-state index contributed by atoms with van der Waals surface area (Å²) in [6.45, 7) is 4.34. The van der Waals surface area contributed by atoms with E-state index in [0.29, 0.717) is 6.54 Å². The molecule has 2 rings (SSSR count). The molecule has 0 spiro atoms. The van der Waals surface area contributed by atoms with Crippen molar-refractivity contribution in [3.8, 4) is 11.3 Å². The van der Waals surface area contributed by atoms with E-state index in [-0.39, 0.29) is 0 Å². The molecule has 0 amide bonds. The molecule has 0 aromatic carbocycles. The minimum Gasteiger partial charge on any atom is -0.329 e. The summed E-state index contributed by atoms with van der Waals surface area (Å²) >= 11 is 0. The van der Waals surface area contributed by atoms with Crippen LogP contribution in [0.5, 0.6) is 0 Å². The van der Waals surface area contributed by atoms with E-state index in [1.165, 1.54) is 0 Å². The van der Waals surface area contributed by atoms with E-state index in [0.717, 1.165) is 24.3 Å². The number of aromatic nitrogens is 4. The molecule has 0 radical (unpaired) electrons. The maximum atomic E-state index is 5.53. The third-order valence-electron chi connectivity index (χ3n) is 2.34. The van der Waals surface area contributed by atoms with Crippen molar-refractivity contribution in [1.82, 2.24) is 19.3 Å². The Morgan fingerprint density at radius 2 is 2.27 bits per heavy atom. The molecule has 0 unspecified atom stereocenters. The Balaban J connectivity index is 2.31. The van der Waals surface area contributed by atoms with Crippen LogP contribution in [0.2, 0.25) is 0 Å². The molecule has 2 N–H and O–H groups in total. The summed E-state index contributed by atoms with van der Waals surface area (Å²) in [7, 11) is 0. The number of imidazole rings is 1. The Bertz CT molecular complexity index is 428. The fourth-order valence-electron chi connectivity index (χ4n) is 1.55. The lowest BCUT2D eigenvalue weighted by Gasteiger charge is -2.03. The number of aryl methyl sites for hydroxylation is 1. The fraction of sp³-hybridized carbons (Fsp3) is 0.400. The van der Waals surface area contributed by atoms with Crippen molar-refractivity contribution in [3.63, 3.8) is 0 Å². The van der Waals surface area contributed by atoms with Gasteiger partial charge in [-0.2, -0.15) is 5.10 Å². The van der Waals surface area contributed by atoms with Gasteiger partial charge in [0.05, 0.1) is 24.4 Å². The second-order valence-corrected chi connectivity index (χ2v) is 3.35. The first-order chi connectivity index (χ1) is 7.35. The molecule has 0 bridgehead atoms. The summed E-state index contributed by atoms with van der Waals surface area (Å²) < 4.78 is 3.94. The maximum Gasteiger partial charge on any atom is 0.0951 e. The van der Waals surface area contributed by atoms with Gasteiger partial charge in [0.2, 0.25) is 0 Å². The van der Waals surface area contributed by atoms with E-state index < -0.39 is 0 Å². The lowest BCUT2D eigenvalue weighted by molar-refractivity contribution is 0.660. The predicted molar refractivity (Wildman–Crippen MR) is 58.2 cm³/mol. The van der Waals surface area contributed by atoms with Crippen molar-refractivity contribution >= 4 is 0 Å². The SMILES string of the molecule is CCn1cc(-c2cncn2CCN)cn1. The molecule has 0 aliphatic rings. The first-order valence-corrected chi connectivity index (χ1v) is 5.08. The molecular weight excluding hydrogens is 190 g/mol. The highest BCUT2D eigenvalue weighted by Crippen LogP contribution is 2.17. The molecule has 5 heteroatoms. The Hall–Kier alpha value is -1.62. The van der Waals surface area contributed by atoms with E-state index >= 15 is 0 Å². The van der Waals surface area contributed by atoms with Crippen LogP contribution < -0.4 is 5.73 Å². The first kappa shape index (κ1) is 9.92. The van der Waals surface area contributed by atoms with Crippen LogP contribution >= 0.6 is 0 Å². The smallest absolute Gasteiger partial charge is 0.0951 e. The summed E-state index contributed by atoms with van der Waals surface area (Å²) in [5.74, 6) is 0. The van der Waals surface area contributed by atoms with Gasteiger partial charge in [-0.3, -0.25) is 4.68 Å². The number of hydrogen-bond donors (Lipinski definition) is 1. The molecule has 5 nitrogen and oxygen atoms in total. The largest absolute Gasteiger partial charge is 0.329 e. The van der Waals surface area contributed by atoms with Crippen LogP contribution in [0.4, 0.5) is 0 Å². The van der Waals surface area contributed by atoms with E-state index in [2.05, 4.69) is 17.0 Å². The van der Waals surface area contributed by atoms with Crippen molar-refractivity contribution < 1.29 is 0 Å². The predicted octanol–water partition coefficient (Wildman–Crippen LogP) is 0.725. The highest BCUT2D eigenvalue weighted by molar-refractivity contribution is 5.56. The summed E-state index contributed by atoms with van der Waals surface area (Å²) in [5, 5.41) is 4.24. The Morgan fingerprint density at radius 3 is 2.93 bits per heavy atom. The van der Waals surface area contributed by atoms with Gasteiger partial charge < -0.3 is 10.3 Å². The van der Waals surface area contributed by atoms with Crippen LogP contribution in [0.25, 0.3) is 11.3 Å². The molecule has 0 aliphatic heterocycles. The van der Waals surface area contributed by atoms with Crippen LogP contribution in [0.3, 0.4) is 0 Å². The minimum absolute atomic E-state index is 0.616. The summed E-state index contributed by atoms with van der Waals surface area (Å²) in [4.78, 5) is 4.12. The number of hydrogen-bond acceptors (Lipinski definition) is 3. The van der Waals surface area contributed by atoms with Gasteiger partial charge in [0.1, 0.15) is 0 Å². The molecule has 2 heterocycles. The van der Waals surface area contributed by atoms with E-state index in [9.17, 15) is 0 Å². The third kappa shape index (κ3) is 1.92.